The number of hydrogen-bond donors (Lipinski definition) is 1. The van der Waals surface area contributed by atoms with Crippen LogP contribution in [0.2, 0.25) is 0 Å². The van der Waals surface area contributed by atoms with Crippen LogP contribution in [0.15, 0.2) is 0 Å². The summed E-state index contributed by atoms with van der Waals surface area (Å²) in [6, 6.07) is 0. The number of piperazine rings is 1. The summed E-state index contributed by atoms with van der Waals surface area (Å²) in [5, 5.41) is 3.32. The Morgan fingerprint density at radius 2 is 2.06 bits per heavy atom. The molecule has 4 heteroatoms. The lowest BCUT2D eigenvalue weighted by molar-refractivity contribution is -0.169. The van der Waals surface area contributed by atoms with Crippen LogP contribution in [0.4, 0.5) is 0 Å². The van der Waals surface area contributed by atoms with E-state index in [1.165, 1.54) is 0 Å². The Kier molecular flexibility index (Phi) is 3.50. The smallest absolute Gasteiger partial charge is 0.326 e. The fourth-order valence-corrected chi connectivity index (χ4v) is 3.01. The van der Waals surface area contributed by atoms with Gasteiger partial charge >= 0.3 is 5.97 Å². The summed E-state index contributed by atoms with van der Waals surface area (Å²) < 4.78 is 5.25. The van der Waals surface area contributed by atoms with Crippen molar-refractivity contribution < 1.29 is 9.53 Å². The molecule has 1 heterocycles. The molecule has 1 saturated carbocycles. The largest absolute Gasteiger partial charge is 0.465 e. The van der Waals surface area contributed by atoms with E-state index in [0.29, 0.717) is 12.5 Å². The molecule has 0 unspecified atom stereocenters. The second-order valence-electron chi connectivity index (χ2n) is 5.00. The van der Waals surface area contributed by atoms with Crippen LogP contribution < -0.4 is 5.32 Å². The van der Waals surface area contributed by atoms with Crippen LogP contribution in [0.3, 0.4) is 0 Å². The van der Waals surface area contributed by atoms with Gasteiger partial charge in [-0.2, -0.15) is 0 Å². The number of hydrogen-bond acceptors (Lipinski definition) is 4. The van der Waals surface area contributed by atoms with Gasteiger partial charge in [-0.1, -0.05) is 6.92 Å². The first kappa shape index (κ1) is 11.9. The van der Waals surface area contributed by atoms with Gasteiger partial charge in [-0.05, 0) is 25.7 Å². The maximum atomic E-state index is 12.1. The van der Waals surface area contributed by atoms with E-state index < -0.39 is 0 Å². The molecule has 1 aliphatic carbocycles. The minimum Gasteiger partial charge on any atom is -0.465 e. The van der Waals surface area contributed by atoms with E-state index in [9.17, 15) is 4.79 Å². The molecular formula is C12H22N2O2. The van der Waals surface area contributed by atoms with Crippen LogP contribution in [-0.2, 0) is 9.53 Å². The highest BCUT2D eigenvalue weighted by molar-refractivity contribution is 5.82. The average molecular weight is 226 g/mol. The summed E-state index contributed by atoms with van der Waals surface area (Å²) in [6.45, 7) is 8.47. The molecule has 0 aromatic rings. The summed E-state index contributed by atoms with van der Waals surface area (Å²) in [5.74, 6) is 0.647. The number of rotatable bonds is 3. The van der Waals surface area contributed by atoms with Gasteiger partial charge in [0.05, 0.1) is 6.61 Å². The Balaban J connectivity index is 2.06. The van der Waals surface area contributed by atoms with E-state index in [0.717, 1.165) is 39.0 Å². The third-order valence-electron chi connectivity index (χ3n) is 3.75. The number of esters is 1. The average Bonchev–Trinajstić information content (AvgIpc) is 2.26. The first-order valence-electron chi connectivity index (χ1n) is 6.32. The Hall–Kier alpha value is -0.610. The zero-order valence-corrected chi connectivity index (χ0v) is 10.3. The lowest BCUT2D eigenvalue weighted by atomic mass is 9.67. The van der Waals surface area contributed by atoms with Crippen LogP contribution in [0.5, 0.6) is 0 Å². The Morgan fingerprint density at radius 3 is 2.56 bits per heavy atom. The first-order chi connectivity index (χ1) is 7.69. The van der Waals surface area contributed by atoms with Gasteiger partial charge in [0.25, 0.3) is 0 Å². The van der Waals surface area contributed by atoms with Crippen LogP contribution in [0, 0.1) is 5.92 Å². The Morgan fingerprint density at radius 1 is 1.44 bits per heavy atom. The summed E-state index contributed by atoms with van der Waals surface area (Å²) in [7, 11) is 0. The third kappa shape index (κ3) is 1.96. The Bertz CT molecular complexity index is 256. The van der Waals surface area contributed by atoms with E-state index in [1.54, 1.807) is 0 Å². The zero-order chi connectivity index (χ0) is 11.6. The molecule has 2 aliphatic rings. The fourth-order valence-electron chi connectivity index (χ4n) is 3.01. The minimum absolute atomic E-state index is 0.00463. The highest BCUT2D eigenvalue weighted by atomic mass is 16.5. The second kappa shape index (κ2) is 4.72. The number of carbonyl (C=O) groups is 1. The van der Waals surface area contributed by atoms with Crippen LogP contribution in [0.25, 0.3) is 0 Å². The normalized spacial score (nSPS) is 35.5. The first-order valence-corrected chi connectivity index (χ1v) is 6.32. The summed E-state index contributed by atoms with van der Waals surface area (Å²) in [6.07, 6.45) is 1.93. The van der Waals surface area contributed by atoms with Gasteiger partial charge in [0, 0.05) is 26.2 Å². The predicted octanol–water partition coefficient (Wildman–Crippen LogP) is 0.623. The molecule has 1 saturated heterocycles. The number of nitrogens with zero attached hydrogens (tertiary/aromatic N) is 1. The topological polar surface area (TPSA) is 41.6 Å². The van der Waals surface area contributed by atoms with Crippen LogP contribution in [-0.4, -0.2) is 49.2 Å². The quantitative estimate of drug-likeness (QED) is 0.716. The summed E-state index contributed by atoms with van der Waals surface area (Å²) in [4.78, 5) is 14.4. The molecule has 0 spiro atoms. The minimum atomic E-state index is -0.294. The predicted molar refractivity (Wildman–Crippen MR) is 62.2 cm³/mol. The van der Waals surface area contributed by atoms with Crippen molar-refractivity contribution in [3.05, 3.63) is 0 Å². The van der Waals surface area contributed by atoms with Crippen molar-refractivity contribution in [3.63, 3.8) is 0 Å². The monoisotopic (exact) mass is 226 g/mol. The molecule has 0 radical (unpaired) electrons. The van der Waals surface area contributed by atoms with Crippen molar-refractivity contribution in [3.8, 4) is 0 Å². The molecule has 1 N–H and O–H groups in total. The van der Waals surface area contributed by atoms with Crippen LogP contribution in [0.1, 0.15) is 26.7 Å². The van der Waals surface area contributed by atoms with Crippen molar-refractivity contribution in [1.82, 2.24) is 10.2 Å². The second-order valence-corrected chi connectivity index (χ2v) is 5.00. The number of carbonyl (C=O) groups excluding carboxylic acids is 1. The van der Waals surface area contributed by atoms with Gasteiger partial charge < -0.3 is 10.1 Å². The van der Waals surface area contributed by atoms with E-state index in [2.05, 4.69) is 17.1 Å². The van der Waals surface area contributed by atoms with Crippen LogP contribution >= 0.6 is 0 Å². The molecule has 92 valence electrons. The molecule has 0 bridgehead atoms. The maximum Gasteiger partial charge on any atom is 0.326 e. The maximum absolute atomic E-state index is 12.1. The van der Waals surface area contributed by atoms with E-state index >= 15 is 0 Å². The highest BCUT2D eigenvalue weighted by Gasteiger charge is 2.53. The van der Waals surface area contributed by atoms with Crippen molar-refractivity contribution in [2.75, 3.05) is 32.8 Å². The van der Waals surface area contributed by atoms with Crippen molar-refractivity contribution >= 4 is 5.97 Å². The summed E-state index contributed by atoms with van der Waals surface area (Å²) in [5.41, 5.74) is -0.294. The SMILES string of the molecule is CCOC(=O)C1(N2CCNCC2)CC(C)C1. The standard InChI is InChI=1S/C12H22N2O2/c1-3-16-11(15)12(8-10(2)9-12)14-6-4-13-5-7-14/h10,13H,3-9H2,1-2H3. The van der Waals surface area contributed by atoms with E-state index in [-0.39, 0.29) is 11.5 Å². The molecule has 2 rings (SSSR count). The van der Waals surface area contributed by atoms with Gasteiger partial charge in [0.1, 0.15) is 5.54 Å². The molecule has 0 atom stereocenters. The highest BCUT2D eigenvalue weighted by Crippen LogP contribution is 2.43. The number of nitrogens with one attached hydrogen (secondary N) is 1. The van der Waals surface area contributed by atoms with Crippen molar-refractivity contribution in [2.45, 2.75) is 32.2 Å². The molecule has 0 aromatic heterocycles. The molecule has 4 nitrogen and oxygen atoms in total. The van der Waals surface area contributed by atoms with Gasteiger partial charge in [-0.3, -0.25) is 9.69 Å². The van der Waals surface area contributed by atoms with Gasteiger partial charge in [0.2, 0.25) is 0 Å². The van der Waals surface area contributed by atoms with Gasteiger partial charge in [-0.15, -0.1) is 0 Å². The number of ether oxygens (including phenoxy) is 1. The van der Waals surface area contributed by atoms with Gasteiger partial charge in [-0.25, -0.2) is 0 Å². The zero-order valence-electron chi connectivity index (χ0n) is 10.3. The molecule has 2 fully saturated rings. The van der Waals surface area contributed by atoms with Crippen molar-refractivity contribution in [2.24, 2.45) is 5.92 Å². The lowest BCUT2D eigenvalue weighted by Crippen LogP contribution is -2.66. The van der Waals surface area contributed by atoms with E-state index in [4.69, 9.17) is 4.74 Å². The fraction of sp³-hybridized carbons (Fsp3) is 0.917. The lowest BCUT2D eigenvalue weighted by Gasteiger charge is -2.52. The molecule has 16 heavy (non-hydrogen) atoms. The van der Waals surface area contributed by atoms with Crippen molar-refractivity contribution in [1.29, 1.82) is 0 Å². The molecule has 1 aliphatic heterocycles. The molecular weight excluding hydrogens is 204 g/mol. The van der Waals surface area contributed by atoms with E-state index in [1.807, 2.05) is 6.92 Å². The van der Waals surface area contributed by atoms with Gasteiger partial charge in [0.15, 0.2) is 0 Å². The molecule has 0 aromatic carbocycles. The Labute approximate surface area is 97.3 Å². The summed E-state index contributed by atoms with van der Waals surface area (Å²) >= 11 is 0. The third-order valence-corrected chi connectivity index (χ3v) is 3.75. The molecule has 0 amide bonds.